The van der Waals surface area contributed by atoms with Gasteiger partial charge in [0.1, 0.15) is 5.76 Å². The molecule has 0 unspecified atom stereocenters. The van der Waals surface area contributed by atoms with Crippen LogP contribution in [0, 0.1) is 0 Å². The Labute approximate surface area is 166 Å². The highest BCUT2D eigenvalue weighted by atomic mass is 19.4. The summed E-state index contributed by atoms with van der Waals surface area (Å²) in [6.07, 6.45) is 0.655. The molecule has 5 nitrogen and oxygen atoms in total. The highest BCUT2D eigenvalue weighted by Gasteiger charge is 2.47. The van der Waals surface area contributed by atoms with E-state index in [9.17, 15) is 22.8 Å². The fraction of sp³-hybridized carbons (Fsp3) is 0.429. The number of benzene rings is 1. The third kappa shape index (κ3) is 5.40. The first kappa shape index (κ1) is 21.0. The maximum Gasteiger partial charge on any atom is 0.471 e. The number of furan rings is 1. The van der Waals surface area contributed by atoms with E-state index >= 15 is 0 Å². The van der Waals surface area contributed by atoms with Crippen LogP contribution in [0.5, 0.6) is 0 Å². The van der Waals surface area contributed by atoms with Gasteiger partial charge in [0.15, 0.2) is 6.04 Å². The number of nitrogens with zero attached hydrogens (tertiary/aromatic N) is 1. The number of amides is 2. The monoisotopic (exact) mass is 408 g/mol. The van der Waals surface area contributed by atoms with Crippen molar-refractivity contribution < 1.29 is 27.2 Å². The summed E-state index contributed by atoms with van der Waals surface area (Å²) in [6, 6.07) is 9.52. The molecule has 1 aliphatic carbocycles. The lowest BCUT2D eigenvalue weighted by atomic mass is 9.95. The first-order valence-electron chi connectivity index (χ1n) is 9.62. The molecule has 0 spiro atoms. The third-order valence-electron chi connectivity index (χ3n) is 5.02. The lowest BCUT2D eigenvalue weighted by Crippen LogP contribution is -2.50. The molecule has 2 aromatic rings. The van der Waals surface area contributed by atoms with Gasteiger partial charge in [0.05, 0.1) is 6.26 Å². The minimum Gasteiger partial charge on any atom is -0.467 e. The van der Waals surface area contributed by atoms with Crippen LogP contribution in [-0.2, 0) is 16.1 Å². The molecule has 0 saturated heterocycles. The Morgan fingerprint density at radius 1 is 1.07 bits per heavy atom. The van der Waals surface area contributed by atoms with Gasteiger partial charge in [0, 0.05) is 12.6 Å². The predicted octanol–water partition coefficient (Wildman–Crippen LogP) is 4.36. The zero-order chi connectivity index (χ0) is 20.9. The summed E-state index contributed by atoms with van der Waals surface area (Å²) in [5.74, 6) is -2.76. The maximum absolute atomic E-state index is 13.4. The van der Waals surface area contributed by atoms with Crippen LogP contribution in [0.4, 0.5) is 13.2 Å². The first-order valence-corrected chi connectivity index (χ1v) is 9.62. The molecule has 0 radical (unpaired) electrons. The van der Waals surface area contributed by atoms with Gasteiger partial charge in [-0.2, -0.15) is 13.2 Å². The molecule has 1 heterocycles. The zero-order valence-corrected chi connectivity index (χ0v) is 15.8. The highest BCUT2D eigenvalue weighted by Crippen LogP contribution is 2.30. The number of hydrogen-bond donors (Lipinski definition) is 1. The molecule has 1 saturated carbocycles. The van der Waals surface area contributed by atoms with Crippen molar-refractivity contribution in [1.29, 1.82) is 0 Å². The summed E-state index contributed by atoms with van der Waals surface area (Å²) in [5, 5.41) is 2.82. The van der Waals surface area contributed by atoms with Crippen molar-refractivity contribution in [3.63, 3.8) is 0 Å². The van der Waals surface area contributed by atoms with Crippen molar-refractivity contribution in [2.45, 2.75) is 56.9 Å². The van der Waals surface area contributed by atoms with Gasteiger partial charge in [-0.1, -0.05) is 49.6 Å². The summed E-state index contributed by atoms with van der Waals surface area (Å²) in [5.41, 5.74) is 0.479. The van der Waals surface area contributed by atoms with Crippen LogP contribution in [0.2, 0.25) is 0 Å². The van der Waals surface area contributed by atoms with Gasteiger partial charge in [-0.25, -0.2) is 0 Å². The number of hydrogen-bond acceptors (Lipinski definition) is 3. The van der Waals surface area contributed by atoms with E-state index in [-0.39, 0.29) is 18.3 Å². The van der Waals surface area contributed by atoms with Crippen LogP contribution in [0.1, 0.15) is 49.5 Å². The maximum atomic E-state index is 13.4. The summed E-state index contributed by atoms with van der Waals surface area (Å²) in [7, 11) is 0. The van der Waals surface area contributed by atoms with Crippen LogP contribution < -0.4 is 5.32 Å². The minimum absolute atomic E-state index is 0.00756. The van der Waals surface area contributed by atoms with Crippen molar-refractivity contribution in [3.8, 4) is 0 Å². The van der Waals surface area contributed by atoms with Crippen molar-refractivity contribution >= 4 is 11.8 Å². The second kappa shape index (κ2) is 9.15. The Morgan fingerprint density at radius 3 is 2.34 bits per heavy atom. The van der Waals surface area contributed by atoms with E-state index in [1.54, 1.807) is 30.3 Å². The van der Waals surface area contributed by atoms with Gasteiger partial charge in [0.2, 0.25) is 0 Å². The lowest BCUT2D eigenvalue weighted by molar-refractivity contribution is -0.190. The molecule has 2 amide bonds. The van der Waals surface area contributed by atoms with Gasteiger partial charge in [-0.3, -0.25) is 9.59 Å². The van der Waals surface area contributed by atoms with E-state index in [1.165, 1.54) is 18.4 Å². The molecule has 3 rings (SSSR count). The second-order valence-electron chi connectivity index (χ2n) is 7.18. The molecule has 1 aromatic carbocycles. The Hall–Kier alpha value is -2.77. The van der Waals surface area contributed by atoms with Crippen molar-refractivity contribution in [3.05, 3.63) is 60.1 Å². The molecule has 0 aliphatic heterocycles. The molecule has 1 aromatic heterocycles. The van der Waals surface area contributed by atoms with Crippen LogP contribution >= 0.6 is 0 Å². The molecule has 1 fully saturated rings. The third-order valence-corrected chi connectivity index (χ3v) is 5.02. The van der Waals surface area contributed by atoms with Crippen LogP contribution in [0.25, 0.3) is 0 Å². The Bertz CT molecular complexity index is 800. The summed E-state index contributed by atoms with van der Waals surface area (Å²) in [4.78, 5) is 25.9. The summed E-state index contributed by atoms with van der Waals surface area (Å²) in [6.45, 7) is -0.372. The Morgan fingerprint density at radius 2 is 1.76 bits per heavy atom. The van der Waals surface area contributed by atoms with E-state index < -0.39 is 24.0 Å². The van der Waals surface area contributed by atoms with Crippen molar-refractivity contribution in [2.24, 2.45) is 0 Å². The highest BCUT2D eigenvalue weighted by molar-refractivity contribution is 5.90. The van der Waals surface area contributed by atoms with Crippen molar-refractivity contribution in [1.82, 2.24) is 10.2 Å². The quantitative estimate of drug-likeness (QED) is 0.773. The number of rotatable bonds is 6. The smallest absolute Gasteiger partial charge is 0.467 e. The molecule has 8 heteroatoms. The predicted molar refractivity (Wildman–Crippen MR) is 99.5 cm³/mol. The van der Waals surface area contributed by atoms with Gasteiger partial charge in [0.25, 0.3) is 5.91 Å². The normalized spacial score (nSPS) is 16.2. The van der Waals surface area contributed by atoms with Gasteiger partial charge in [-0.05, 0) is 30.5 Å². The SMILES string of the molecule is O=C(NC1CCCCC1)[C@H](c1ccco1)N(Cc1ccccc1)C(=O)C(F)(F)F. The number of alkyl halides is 3. The molecule has 29 heavy (non-hydrogen) atoms. The molecule has 1 atom stereocenters. The fourth-order valence-corrected chi connectivity index (χ4v) is 3.62. The molecule has 0 bridgehead atoms. The number of carbonyl (C=O) groups excluding carboxylic acids is 2. The van der Waals surface area contributed by atoms with Crippen LogP contribution in [0.15, 0.2) is 53.1 Å². The van der Waals surface area contributed by atoms with Gasteiger partial charge in [-0.15, -0.1) is 0 Å². The average molecular weight is 408 g/mol. The lowest BCUT2D eigenvalue weighted by Gasteiger charge is -2.32. The Balaban J connectivity index is 1.93. The molecule has 156 valence electrons. The topological polar surface area (TPSA) is 62.6 Å². The average Bonchev–Trinajstić information content (AvgIpc) is 3.22. The van der Waals surface area contributed by atoms with Crippen LogP contribution in [-0.4, -0.2) is 28.9 Å². The Kier molecular flexibility index (Phi) is 6.61. The molecular weight excluding hydrogens is 385 g/mol. The molecular formula is C21H23F3N2O3. The van der Waals surface area contributed by atoms with E-state index in [2.05, 4.69) is 5.32 Å². The van der Waals surface area contributed by atoms with E-state index in [0.717, 1.165) is 32.1 Å². The molecule has 1 N–H and O–H groups in total. The van der Waals surface area contributed by atoms with E-state index in [0.29, 0.717) is 10.5 Å². The van der Waals surface area contributed by atoms with Gasteiger partial charge >= 0.3 is 12.1 Å². The standard InChI is InChI=1S/C21H23F3N2O3/c22-21(23,24)20(28)26(14-15-8-3-1-4-9-15)18(17-12-7-13-29-17)19(27)25-16-10-5-2-6-11-16/h1,3-4,7-9,12-13,16,18H,2,5-6,10-11,14H2,(H,25,27)/t18-/m0/s1. The molecule has 1 aliphatic rings. The van der Waals surface area contributed by atoms with Crippen molar-refractivity contribution in [2.75, 3.05) is 0 Å². The largest absolute Gasteiger partial charge is 0.471 e. The zero-order valence-electron chi connectivity index (χ0n) is 15.8. The number of carbonyl (C=O) groups is 2. The van der Waals surface area contributed by atoms with Crippen LogP contribution in [0.3, 0.4) is 0 Å². The first-order chi connectivity index (χ1) is 13.9. The van der Waals surface area contributed by atoms with E-state index in [1.807, 2.05) is 0 Å². The minimum atomic E-state index is -5.12. The second-order valence-corrected chi connectivity index (χ2v) is 7.18. The van der Waals surface area contributed by atoms with E-state index in [4.69, 9.17) is 4.42 Å². The van der Waals surface area contributed by atoms with Gasteiger partial charge < -0.3 is 14.6 Å². The summed E-state index contributed by atoms with van der Waals surface area (Å²) >= 11 is 0. The fourth-order valence-electron chi connectivity index (χ4n) is 3.62. The number of nitrogens with one attached hydrogen (secondary N) is 1. The number of halogens is 3. The summed E-state index contributed by atoms with van der Waals surface area (Å²) < 4.78 is 45.4.